The third kappa shape index (κ3) is 2.36. The van der Waals surface area contributed by atoms with Crippen LogP contribution in [0.1, 0.15) is 19.2 Å². The van der Waals surface area contributed by atoms with Crippen LogP contribution in [-0.2, 0) is 11.3 Å². The first-order chi connectivity index (χ1) is 8.22. The highest BCUT2D eigenvalue weighted by molar-refractivity contribution is 5.90. The molecule has 4 heteroatoms. The topological polar surface area (TPSA) is 60.9 Å². The SMILES string of the molecule is CCCn1c(/C=C/C(N)=O)nc2ccccc21. The average molecular weight is 229 g/mol. The number of rotatable bonds is 4. The van der Waals surface area contributed by atoms with E-state index in [1.165, 1.54) is 6.08 Å². The van der Waals surface area contributed by atoms with Crippen LogP contribution in [0.3, 0.4) is 0 Å². The van der Waals surface area contributed by atoms with Gasteiger partial charge in [0, 0.05) is 12.6 Å². The Morgan fingerprint density at radius 2 is 2.24 bits per heavy atom. The molecule has 0 saturated heterocycles. The molecule has 1 heterocycles. The van der Waals surface area contributed by atoms with Gasteiger partial charge in [-0.3, -0.25) is 4.79 Å². The van der Waals surface area contributed by atoms with E-state index in [0.29, 0.717) is 0 Å². The number of nitrogens with zero attached hydrogens (tertiary/aromatic N) is 2. The number of primary amides is 1. The van der Waals surface area contributed by atoms with E-state index in [4.69, 9.17) is 5.73 Å². The first-order valence-corrected chi connectivity index (χ1v) is 5.65. The third-order valence-electron chi connectivity index (χ3n) is 2.53. The van der Waals surface area contributed by atoms with Crippen molar-refractivity contribution in [3.8, 4) is 0 Å². The summed E-state index contributed by atoms with van der Waals surface area (Å²) in [5.41, 5.74) is 7.11. The fourth-order valence-electron chi connectivity index (χ4n) is 1.84. The highest BCUT2D eigenvalue weighted by Gasteiger charge is 2.06. The number of carbonyl (C=O) groups excluding carboxylic acids is 1. The van der Waals surface area contributed by atoms with Crippen LogP contribution in [0, 0.1) is 0 Å². The van der Waals surface area contributed by atoms with E-state index in [1.807, 2.05) is 24.3 Å². The van der Waals surface area contributed by atoms with Gasteiger partial charge < -0.3 is 10.3 Å². The number of nitrogens with two attached hydrogens (primary N) is 1. The summed E-state index contributed by atoms with van der Waals surface area (Å²) in [4.78, 5) is 15.2. The Hall–Kier alpha value is -2.10. The lowest BCUT2D eigenvalue weighted by Crippen LogP contribution is -2.06. The van der Waals surface area contributed by atoms with Crippen LogP contribution in [0.5, 0.6) is 0 Å². The molecule has 0 fully saturated rings. The second kappa shape index (κ2) is 4.82. The first-order valence-electron chi connectivity index (χ1n) is 5.65. The monoisotopic (exact) mass is 229 g/mol. The zero-order valence-electron chi connectivity index (χ0n) is 9.76. The predicted octanol–water partition coefficient (Wildman–Crippen LogP) is 1.94. The summed E-state index contributed by atoms with van der Waals surface area (Å²) in [7, 11) is 0. The maximum atomic E-state index is 10.8. The molecule has 0 bridgehead atoms. The Bertz CT molecular complexity index is 569. The maximum absolute atomic E-state index is 10.8. The van der Waals surface area contributed by atoms with Crippen LogP contribution in [0.15, 0.2) is 30.3 Å². The number of hydrogen-bond acceptors (Lipinski definition) is 2. The maximum Gasteiger partial charge on any atom is 0.241 e. The molecule has 0 aliphatic heterocycles. The van der Waals surface area contributed by atoms with Gasteiger partial charge in [-0.2, -0.15) is 0 Å². The quantitative estimate of drug-likeness (QED) is 0.814. The summed E-state index contributed by atoms with van der Waals surface area (Å²) < 4.78 is 2.09. The molecule has 0 radical (unpaired) electrons. The molecule has 0 aliphatic carbocycles. The Morgan fingerprint density at radius 3 is 2.94 bits per heavy atom. The van der Waals surface area contributed by atoms with E-state index in [9.17, 15) is 4.79 Å². The van der Waals surface area contributed by atoms with Gasteiger partial charge in [-0.1, -0.05) is 19.1 Å². The van der Waals surface area contributed by atoms with Gasteiger partial charge in [0.25, 0.3) is 0 Å². The zero-order chi connectivity index (χ0) is 12.3. The molecule has 17 heavy (non-hydrogen) atoms. The molecule has 4 nitrogen and oxygen atoms in total. The van der Waals surface area contributed by atoms with Crippen molar-refractivity contribution in [2.45, 2.75) is 19.9 Å². The zero-order valence-corrected chi connectivity index (χ0v) is 9.76. The number of carbonyl (C=O) groups is 1. The fraction of sp³-hybridized carbons (Fsp3) is 0.231. The molecule has 0 aliphatic rings. The van der Waals surface area contributed by atoms with Crippen LogP contribution in [0.25, 0.3) is 17.1 Å². The number of hydrogen-bond donors (Lipinski definition) is 1. The standard InChI is InChI=1S/C13H15N3O/c1-2-9-16-11-6-4-3-5-10(11)15-13(16)8-7-12(14)17/h3-8H,2,9H2,1H3,(H2,14,17)/b8-7+. The highest BCUT2D eigenvalue weighted by Crippen LogP contribution is 2.17. The van der Waals surface area contributed by atoms with Gasteiger partial charge in [0.15, 0.2) is 0 Å². The van der Waals surface area contributed by atoms with Gasteiger partial charge in [-0.15, -0.1) is 0 Å². The van der Waals surface area contributed by atoms with Crippen LogP contribution >= 0.6 is 0 Å². The Balaban J connectivity index is 2.53. The summed E-state index contributed by atoms with van der Waals surface area (Å²) >= 11 is 0. The van der Waals surface area contributed by atoms with E-state index >= 15 is 0 Å². The second-order valence-electron chi connectivity index (χ2n) is 3.85. The second-order valence-corrected chi connectivity index (χ2v) is 3.85. The van der Waals surface area contributed by atoms with Gasteiger partial charge in [0.1, 0.15) is 5.82 Å². The van der Waals surface area contributed by atoms with Gasteiger partial charge in [0.2, 0.25) is 5.91 Å². The molecule has 2 rings (SSSR count). The summed E-state index contributed by atoms with van der Waals surface area (Å²) in [6.07, 6.45) is 4.02. The first kappa shape index (κ1) is 11.4. The Kier molecular flexibility index (Phi) is 3.23. The summed E-state index contributed by atoms with van der Waals surface area (Å²) in [5.74, 6) is 0.312. The summed E-state index contributed by atoms with van der Waals surface area (Å²) in [6, 6.07) is 7.92. The lowest BCUT2D eigenvalue weighted by atomic mass is 10.3. The lowest BCUT2D eigenvalue weighted by Gasteiger charge is -2.03. The fourth-order valence-corrected chi connectivity index (χ4v) is 1.84. The van der Waals surface area contributed by atoms with Crippen molar-refractivity contribution in [2.24, 2.45) is 5.73 Å². The molecule has 2 aromatic rings. The van der Waals surface area contributed by atoms with Gasteiger partial charge >= 0.3 is 0 Å². The predicted molar refractivity (Wildman–Crippen MR) is 68.3 cm³/mol. The van der Waals surface area contributed by atoms with Crippen molar-refractivity contribution < 1.29 is 4.79 Å². The molecule has 0 atom stereocenters. The highest BCUT2D eigenvalue weighted by atomic mass is 16.1. The molecule has 0 unspecified atom stereocenters. The van der Waals surface area contributed by atoms with Crippen LogP contribution in [0.2, 0.25) is 0 Å². The smallest absolute Gasteiger partial charge is 0.241 e. The van der Waals surface area contributed by atoms with Gasteiger partial charge in [-0.25, -0.2) is 4.98 Å². The molecule has 1 aromatic carbocycles. The molecule has 88 valence electrons. The molecule has 0 spiro atoms. The lowest BCUT2D eigenvalue weighted by molar-refractivity contribution is -0.113. The van der Waals surface area contributed by atoms with E-state index in [1.54, 1.807) is 6.08 Å². The van der Waals surface area contributed by atoms with Crippen LogP contribution in [-0.4, -0.2) is 15.5 Å². The van der Waals surface area contributed by atoms with Crippen molar-refractivity contribution >= 4 is 23.0 Å². The van der Waals surface area contributed by atoms with Crippen molar-refractivity contribution in [3.63, 3.8) is 0 Å². The third-order valence-corrected chi connectivity index (χ3v) is 2.53. The van der Waals surface area contributed by atoms with Crippen molar-refractivity contribution in [2.75, 3.05) is 0 Å². The molecular weight excluding hydrogens is 214 g/mol. The number of para-hydroxylation sites is 2. The number of aromatic nitrogens is 2. The minimum Gasteiger partial charge on any atom is -0.366 e. The van der Waals surface area contributed by atoms with E-state index < -0.39 is 5.91 Å². The van der Waals surface area contributed by atoms with Crippen LogP contribution < -0.4 is 5.73 Å². The average Bonchev–Trinajstić information content (AvgIpc) is 2.66. The van der Waals surface area contributed by atoms with E-state index in [2.05, 4.69) is 16.5 Å². The van der Waals surface area contributed by atoms with Gasteiger partial charge in [-0.05, 0) is 24.6 Å². The molecular formula is C13H15N3O. The molecule has 2 N–H and O–H groups in total. The van der Waals surface area contributed by atoms with Crippen molar-refractivity contribution in [3.05, 3.63) is 36.2 Å². The Labute approximate surface area is 99.8 Å². The van der Waals surface area contributed by atoms with E-state index in [-0.39, 0.29) is 0 Å². The minimum atomic E-state index is -0.458. The largest absolute Gasteiger partial charge is 0.366 e. The number of amides is 1. The van der Waals surface area contributed by atoms with Crippen LogP contribution in [0.4, 0.5) is 0 Å². The Morgan fingerprint density at radius 1 is 1.47 bits per heavy atom. The molecule has 1 aromatic heterocycles. The van der Waals surface area contributed by atoms with Crippen molar-refractivity contribution in [1.82, 2.24) is 9.55 Å². The minimum absolute atomic E-state index is 0.458. The summed E-state index contributed by atoms with van der Waals surface area (Å²) in [5, 5.41) is 0. The van der Waals surface area contributed by atoms with E-state index in [0.717, 1.165) is 29.8 Å². The number of benzene rings is 1. The number of aryl methyl sites for hydroxylation is 1. The molecule has 0 saturated carbocycles. The molecule has 1 amide bonds. The number of imidazole rings is 1. The summed E-state index contributed by atoms with van der Waals surface area (Å²) in [6.45, 7) is 2.98. The van der Waals surface area contributed by atoms with Gasteiger partial charge in [0.05, 0.1) is 11.0 Å². The number of fused-ring (bicyclic) bond motifs is 1. The van der Waals surface area contributed by atoms with Crippen molar-refractivity contribution in [1.29, 1.82) is 0 Å². The normalized spacial score (nSPS) is 11.4.